The lowest BCUT2D eigenvalue weighted by atomic mass is 10.1. The zero-order chi connectivity index (χ0) is 16.6. The zero-order valence-corrected chi connectivity index (χ0v) is 13.6. The van der Waals surface area contributed by atoms with Crippen molar-refractivity contribution in [3.05, 3.63) is 68.4 Å². The van der Waals surface area contributed by atoms with Crippen molar-refractivity contribution in [3.8, 4) is 0 Å². The molecule has 0 aliphatic rings. The fourth-order valence-corrected chi connectivity index (χ4v) is 2.55. The van der Waals surface area contributed by atoms with E-state index in [4.69, 9.17) is 4.42 Å². The van der Waals surface area contributed by atoms with Gasteiger partial charge >= 0.3 is 0 Å². The Hall–Kier alpha value is -2.67. The van der Waals surface area contributed by atoms with E-state index in [0.29, 0.717) is 11.3 Å². The molecule has 0 radical (unpaired) electrons. The van der Waals surface area contributed by atoms with Crippen molar-refractivity contribution >= 4 is 44.2 Å². The molecule has 0 aliphatic carbocycles. The highest BCUT2D eigenvalue weighted by molar-refractivity contribution is 9.10. The Morgan fingerprint density at radius 2 is 2.00 bits per heavy atom. The third kappa shape index (κ3) is 3.09. The predicted molar refractivity (Wildman–Crippen MR) is 89.7 cm³/mol. The molecule has 3 aromatic rings. The number of carbonyl (C=O) groups excluding carboxylic acids is 1. The molecule has 0 saturated carbocycles. The van der Waals surface area contributed by atoms with Crippen molar-refractivity contribution in [1.29, 1.82) is 0 Å². The van der Waals surface area contributed by atoms with Crippen molar-refractivity contribution in [2.24, 2.45) is 0 Å². The summed E-state index contributed by atoms with van der Waals surface area (Å²) in [6.45, 7) is 1.76. The van der Waals surface area contributed by atoms with Crippen molar-refractivity contribution in [3.63, 3.8) is 0 Å². The minimum Gasteiger partial charge on any atom is -0.451 e. The van der Waals surface area contributed by atoms with Gasteiger partial charge in [0.2, 0.25) is 0 Å². The highest BCUT2D eigenvalue weighted by atomic mass is 79.9. The Morgan fingerprint density at radius 1 is 1.22 bits per heavy atom. The average Bonchev–Trinajstić information content (AvgIpc) is 2.92. The second-order valence-corrected chi connectivity index (χ2v) is 5.92. The normalized spacial score (nSPS) is 10.7. The van der Waals surface area contributed by atoms with Gasteiger partial charge in [-0.1, -0.05) is 22.0 Å². The van der Waals surface area contributed by atoms with Gasteiger partial charge in [0.1, 0.15) is 5.58 Å². The number of halogens is 1. The highest BCUT2D eigenvalue weighted by Gasteiger charge is 2.15. The van der Waals surface area contributed by atoms with E-state index >= 15 is 0 Å². The van der Waals surface area contributed by atoms with Crippen LogP contribution in [0.2, 0.25) is 0 Å². The number of non-ortho nitro benzene ring substituents is 1. The van der Waals surface area contributed by atoms with Crippen LogP contribution in [0.3, 0.4) is 0 Å². The Balaban J connectivity index is 1.91. The lowest BCUT2D eigenvalue weighted by Gasteiger charge is -2.06. The van der Waals surface area contributed by atoms with Crippen LogP contribution in [0, 0.1) is 17.0 Å². The fourth-order valence-electron chi connectivity index (χ4n) is 2.17. The zero-order valence-electron chi connectivity index (χ0n) is 12.0. The maximum atomic E-state index is 12.3. The van der Waals surface area contributed by atoms with Gasteiger partial charge in [-0.2, -0.15) is 0 Å². The van der Waals surface area contributed by atoms with E-state index in [1.807, 2.05) is 12.1 Å². The minimum atomic E-state index is -0.506. The van der Waals surface area contributed by atoms with Crippen LogP contribution in [0.1, 0.15) is 16.1 Å². The summed E-state index contributed by atoms with van der Waals surface area (Å²) in [5.41, 5.74) is 1.61. The smallest absolute Gasteiger partial charge is 0.291 e. The predicted octanol–water partition coefficient (Wildman–Crippen LogP) is 4.66. The van der Waals surface area contributed by atoms with Crippen LogP contribution in [0.5, 0.6) is 0 Å². The van der Waals surface area contributed by atoms with Crippen molar-refractivity contribution < 1.29 is 14.1 Å². The SMILES string of the molecule is Cc1ccc([N+](=O)[O-])cc1NC(=O)c1cc2cc(Br)ccc2o1. The molecular weight excluding hydrogens is 364 g/mol. The average molecular weight is 375 g/mol. The summed E-state index contributed by atoms with van der Waals surface area (Å²) in [4.78, 5) is 22.6. The molecule has 0 fully saturated rings. The summed E-state index contributed by atoms with van der Waals surface area (Å²) in [6, 6.07) is 11.4. The number of anilines is 1. The van der Waals surface area contributed by atoms with Crippen molar-refractivity contribution in [1.82, 2.24) is 0 Å². The van der Waals surface area contributed by atoms with E-state index in [1.165, 1.54) is 12.1 Å². The number of nitro groups is 1. The van der Waals surface area contributed by atoms with Gasteiger partial charge in [0.05, 0.1) is 10.6 Å². The van der Waals surface area contributed by atoms with Gasteiger partial charge < -0.3 is 9.73 Å². The number of benzene rings is 2. The molecule has 1 amide bonds. The Bertz CT molecular complexity index is 933. The van der Waals surface area contributed by atoms with Gasteiger partial charge in [-0.25, -0.2) is 0 Å². The van der Waals surface area contributed by atoms with Gasteiger partial charge in [0, 0.05) is 22.0 Å². The van der Waals surface area contributed by atoms with Crippen molar-refractivity contribution in [2.45, 2.75) is 6.92 Å². The number of hydrogen-bond donors (Lipinski definition) is 1. The molecule has 6 nitrogen and oxygen atoms in total. The molecule has 116 valence electrons. The van der Waals surface area contributed by atoms with Crippen LogP contribution in [-0.2, 0) is 0 Å². The molecule has 0 saturated heterocycles. The van der Waals surface area contributed by atoms with Crippen LogP contribution in [0.25, 0.3) is 11.0 Å². The number of fused-ring (bicyclic) bond motifs is 1. The first kappa shape index (κ1) is 15.2. The van der Waals surface area contributed by atoms with Crippen molar-refractivity contribution in [2.75, 3.05) is 5.32 Å². The quantitative estimate of drug-likeness (QED) is 0.533. The Kier molecular flexibility index (Phi) is 3.87. The first-order valence-electron chi connectivity index (χ1n) is 6.69. The summed E-state index contributed by atoms with van der Waals surface area (Å²) in [7, 11) is 0. The van der Waals surface area contributed by atoms with Gasteiger partial charge in [0.25, 0.3) is 11.6 Å². The van der Waals surface area contributed by atoms with E-state index in [0.717, 1.165) is 15.4 Å². The minimum absolute atomic E-state index is 0.0839. The molecule has 23 heavy (non-hydrogen) atoms. The summed E-state index contributed by atoms with van der Waals surface area (Å²) in [6.07, 6.45) is 0. The maximum absolute atomic E-state index is 12.3. The van der Waals surface area contributed by atoms with Gasteiger partial charge in [0.15, 0.2) is 5.76 Å². The van der Waals surface area contributed by atoms with E-state index in [2.05, 4.69) is 21.2 Å². The number of hydrogen-bond acceptors (Lipinski definition) is 4. The molecule has 0 unspecified atom stereocenters. The summed E-state index contributed by atoms with van der Waals surface area (Å²) in [5.74, 6) is -0.315. The third-order valence-corrected chi connectivity index (χ3v) is 3.88. The number of rotatable bonds is 3. The highest BCUT2D eigenvalue weighted by Crippen LogP contribution is 2.26. The number of aryl methyl sites for hydroxylation is 1. The van der Waals surface area contributed by atoms with Crippen LogP contribution in [-0.4, -0.2) is 10.8 Å². The second-order valence-electron chi connectivity index (χ2n) is 5.00. The summed E-state index contributed by atoms with van der Waals surface area (Å²) in [5, 5.41) is 14.3. The Labute approximate surface area is 139 Å². The second kappa shape index (κ2) is 5.85. The molecule has 1 aromatic heterocycles. The number of nitrogens with zero attached hydrogens (tertiary/aromatic N) is 1. The standard InChI is InChI=1S/C16H11BrN2O4/c1-9-2-4-12(19(21)22)8-13(9)18-16(20)15-7-10-6-11(17)3-5-14(10)23-15/h2-8H,1H3,(H,18,20). The van der Waals surface area contributed by atoms with E-state index in [-0.39, 0.29) is 11.4 Å². The van der Waals surface area contributed by atoms with Crippen LogP contribution in [0.4, 0.5) is 11.4 Å². The molecule has 7 heteroatoms. The maximum Gasteiger partial charge on any atom is 0.291 e. The number of nitro benzene ring substituents is 1. The van der Waals surface area contributed by atoms with E-state index in [9.17, 15) is 14.9 Å². The lowest BCUT2D eigenvalue weighted by Crippen LogP contribution is -2.12. The van der Waals surface area contributed by atoms with Crippen LogP contribution >= 0.6 is 15.9 Å². The topological polar surface area (TPSA) is 85.4 Å². The molecular formula is C16H11BrN2O4. The molecule has 1 heterocycles. The monoisotopic (exact) mass is 374 g/mol. The molecule has 0 atom stereocenters. The number of amides is 1. The number of nitrogens with one attached hydrogen (secondary N) is 1. The third-order valence-electron chi connectivity index (χ3n) is 3.38. The fraction of sp³-hybridized carbons (Fsp3) is 0.0625. The molecule has 1 N–H and O–H groups in total. The summed E-state index contributed by atoms with van der Waals surface area (Å²) < 4.78 is 6.39. The Morgan fingerprint density at radius 3 is 2.74 bits per heavy atom. The van der Waals surface area contributed by atoms with Crippen LogP contribution < -0.4 is 5.32 Å². The number of furan rings is 1. The van der Waals surface area contributed by atoms with Gasteiger partial charge in [-0.3, -0.25) is 14.9 Å². The lowest BCUT2D eigenvalue weighted by molar-refractivity contribution is -0.384. The molecule has 0 spiro atoms. The largest absolute Gasteiger partial charge is 0.451 e. The summed E-state index contributed by atoms with van der Waals surface area (Å²) >= 11 is 3.36. The van der Waals surface area contributed by atoms with Gasteiger partial charge in [-0.05, 0) is 36.8 Å². The first-order valence-corrected chi connectivity index (χ1v) is 7.49. The van der Waals surface area contributed by atoms with Crippen LogP contribution in [0.15, 0.2) is 51.4 Å². The molecule has 0 bridgehead atoms. The molecule has 0 aliphatic heterocycles. The first-order chi connectivity index (χ1) is 10.9. The van der Waals surface area contributed by atoms with E-state index < -0.39 is 10.8 Å². The molecule has 3 rings (SSSR count). The van der Waals surface area contributed by atoms with E-state index in [1.54, 1.807) is 25.1 Å². The number of carbonyl (C=O) groups is 1. The molecule has 2 aromatic carbocycles. The van der Waals surface area contributed by atoms with Gasteiger partial charge in [-0.15, -0.1) is 0 Å².